The highest BCUT2D eigenvalue weighted by atomic mass is 32.2. The number of benzene rings is 2. The van der Waals surface area contributed by atoms with E-state index in [9.17, 15) is 13.2 Å². The van der Waals surface area contributed by atoms with E-state index in [-0.39, 0.29) is 17.3 Å². The standard InChI is InChI=1S/C21H25N3O3S/c1-16(25)24-13-10-18-14-20(8-9-21(18)24)28(26,27)22-15-17-4-6-19(7-5-17)23-11-2-3-12-23/h4-9,14,22H,2-3,10-13,15H2,1H3. The van der Waals surface area contributed by atoms with Crippen LogP contribution in [0.3, 0.4) is 0 Å². The normalized spacial score (nSPS) is 16.5. The highest BCUT2D eigenvalue weighted by molar-refractivity contribution is 7.89. The minimum atomic E-state index is -3.61. The number of carbonyl (C=O) groups excluding carboxylic acids is 1. The zero-order valence-corrected chi connectivity index (χ0v) is 16.8. The van der Waals surface area contributed by atoms with Crippen molar-refractivity contribution in [2.45, 2.75) is 37.6 Å². The van der Waals surface area contributed by atoms with Crippen molar-refractivity contribution in [3.63, 3.8) is 0 Å². The molecule has 148 valence electrons. The molecule has 2 heterocycles. The number of amides is 1. The second kappa shape index (κ2) is 7.56. The summed E-state index contributed by atoms with van der Waals surface area (Å²) >= 11 is 0. The number of hydrogen-bond acceptors (Lipinski definition) is 4. The van der Waals surface area contributed by atoms with Crippen LogP contribution in [0.2, 0.25) is 0 Å². The van der Waals surface area contributed by atoms with Crippen molar-refractivity contribution >= 4 is 27.3 Å². The van der Waals surface area contributed by atoms with E-state index in [4.69, 9.17) is 0 Å². The van der Waals surface area contributed by atoms with Gasteiger partial charge in [-0.3, -0.25) is 4.79 Å². The Labute approximate surface area is 166 Å². The molecule has 2 aromatic rings. The van der Waals surface area contributed by atoms with Gasteiger partial charge >= 0.3 is 0 Å². The number of rotatable bonds is 5. The minimum absolute atomic E-state index is 0.0233. The van der Waals surface area contributed by atoms with Crippen molar-refractivity contribution in [2.24, 2.45) is 0 Å². The van der Waals surface area contributed by atoms with Gasteiger partial charge in [0.15, 0.2) is 0 Å². The molecule has 6 nitrogen and oxygen atoms in total. The molecule has 1 fully saturated rings. The molecule has 2 aliphatic heterocycles. The second-order valence-electron chi connectivity index (χ2n) is 7.40. The lowest BCUT2D eigenvalue weighted by Gasteiger charge is -2.18. The van der Waals surface area contributed by atoms with Gasteiger partial charge in [-0.25, -0.2) is 13.1 Å². The van der Waals surface area contributed by atoms with Crippen LogP contribution in [0, 0.1) is 0 Å². The fraction of sp³-hybridized carbons (Fsp3) is 0.381. The molecule has 0 saturated carbocycles. The summed E-state index contributed by atoms with van der Waals surface area (Å²) in [5.41, 5.74) is 3.82. The molecule has 0 unspecified atom stereocenters. The predicted molar refractivity (Wildman–Crippen MR) is 110 cm³/mol. The molecule has 1 saturated heterocycles. The summed E-state index contributed by atoms with van der Waals surface area (Å²) in [4.78, 5) is 15.9. The predicted octanol–water partition coefficient (Wildman–Crippen LogP) is 2.67. The summed E-state index contributed by atoms with van der Waals surface area (Å²) in [6, 6.07) is 13.0. The fourth-order valence-corrected chi connectivity index (χ4v) is 5.00. The smallest absolute Gasteiger partial charge is 0.240 e. The topological polar surface area (TPSA) is 69.7 Å². The van der Waals surface area contributed by atoms with Crippen molar-refractivity contribution in [2.75, 3.05) is 29.4 Å². The van der Waals surface area contributed by atoms with E-state index in [1.807, 2.05) is 12.1 Å². The first-order valence-corrected chi connectivity index (χ1v) is 11.2. The second-order valence-corrected chi connectivity index (χ2v) is 9.16. The molecule has 1 amide bonds. The molecule has 28 heavy (non-hydrogen) atoms. The van der Waals surface area contributed by atoms with E-state index in [1.54, 1.807) is 23.1 Å². The lowest BCUT2D eigenvalue weighted by Crippen LogP contribution is -2.26. The van der Waals surface area contributed by atoms with Crippen LogP contribution in [0.4, 0.5) is 11.4 Å². The zero-order chi connectivity index (χ0) is 19.7. The van der Waals surface area contributed by atoms with E-state index in [0.29, 0.717) is 13.0 Å². The molecular formula is C21H25N3O3S. The first-order valence-electron chi connectivity index (χ1n) is 9.69. The van der Waals surface area contributed by atoms with Gasteiger partial charge in [0.25, 0.3) is 0 Å². The Morgan fingerprint density at radius 3 is 2.43 bits per heavy atom. The van der Waals surface area contributed by atoms with Gasteiger partial charge in [-0.2, -0.15) is 0 Å². The summed E-state index contributed by atoms with van der Waals surface area (Å²) in [6.45, 7) is 4.55. The number of nitrogens with one attached hydrogen (secondary N) is 1. The number of hydrogen-bond donors (Lipinski definition) is 1. The SMILES string of the molecule is CC(=O)N1CCc2cc(S(=O)(=O)NCc3ccc(N4CCCC4)cc3)ccc21. The molecule has 1 N–H and O–H groups in total. The largest absolute Gasteiger partial charge is 0.372 e. The highest BCUT2D eigenvalue weighted by Crippen LogP contribution is 2.30. The van der Waals surface area contributed by atoms with Crippen molar-refractivity contribution in [3.05, 3.63) is 53.6 Å². The van der Waals surface area contributed by atoms with Gasteiger partial charge in [-0.05, 0) is 60.7 Å². The van der Waals surface area contributed by atoms with Crippen molar-refractivity contribution in [1.82, 2.24) is 4.72 Å². The molecular weight excluding hydrogens is 374 g/mol. The van der Waals surface area contributed by atoms with Gasteiger partial charge in [0, 0.05) is 44.5 Å². The average Bonchev–Trinajstić information content (AvgIpc) is 3.36. The van der Waals surface area contributed by atoms with Crippen LogP contribution in [-0.4, -0.2) is 34.0 Å². The lowest BCUT2D eigenvalue weighted by atomic mass is 10.2. The Bertz CT molecular complexity index is 980. The van der Waals surface area contributed by atoms with E-state index in [0.717, 1.165) is 29.9 Å². The van der Waals surface area contributed by atoms with Gasteiger partial charge in [0.1, 0.15) is 0 Å². The summed E-state index contributed by atoms with van der Waals surface area (Å²) in [5, 5.41) is 0. The molecule has 0 aromatic heterocycles. The van der Waals surface area contributed by atoms with Crippen molar-refractivity contribution < 1.29 is 13.2 Å². The Balaban J connectivity index is 1.44. The van der Waals surface area contributed by atoms with Crippen LogP contribution in [0.1, 0.15) is 30.9 Å². The number of fused-ring (bicyclic) bond motifs is 1. The molecule has 0 bridgehead atoms. The van der Waals surface area contributed by atoms with Crippen molar-refractivity contribution in [1.29, 1.82) is 0 Å². The van der Waals surface area contributed by atoms with Gasteiger partial charge < -0.3 is 9.80 Å². The fourth-order valence-electron chi connectivity index (χ4n) is 3.93. The maximum atomic E-state index is 12.7. The lowest BCUT2D eigenvalue weighted by molar-refractivity contribution is -0.116. The Hall–Kier alpha value is -2.38. The molecule has 0 aliphatic carbocycles. The highest BCUT2D eigenvalue weighted by Gasteiger charge is 2.24. The third kappa shape index (κ3) is 3.77. The summed E-state index contributed by atoms with van der Waals surface area (Å²) in [5.74, 6) is -0.0233. The molecule has 0 atom stereocenters. The maximum absolute atomic E-state index is 12.7. The van der Waals surface area contributed by atoms with Crippen LogP contribution in [0.25, 0.3) is 0 Å². The molecule has 4 rings (SSSR count). The monoisotopic (exact) mass is 399 g/mol. The maximum Gasteiger partial charge on any atom is 0.240 e. The summed E-state index contributed by atoms with van der Waals surface area (Å²) < 4.78 is 28.1. The van der Waals surface area contributed by atoms with E-state index in [2.05, 4.69) is 21.8 Å². The molecule has 0 spiro atoms. The first kappa shape index (κ1) is 19.0. The van der Waals surface area contributed by atoms with Gasteiger partial charge in [0.2, 0.25) is 15.9 Å². The van der Waals surface area contributed by atoms with Crippen molar-refractivity contribution in [3.8, 4) is 0 Å². The Morgan fingerprint density at radius 2 is 1.75 bits per heavy atom. The quantitative estimate of drug-likeness (QED) is 0.839. The van der Waals surface area contributed by atoms with Crippen LogP contribution in [0.5, 0.6) is 0 Å². The summed E-state index contributed by atoms with van der Waals surface area (Å²) in [6.07, 6.45) is 3.13. The minimum Gasteiger partial charge on any atom is -0.372 e. The first-order chi connectivity index (χ1) is 13.4. The van der Waals surface area contributed by atoms with Gasteiger partial charge in [-0.15, -0.1) is 0 Å². The van der Waals surface area contributed by atoms with Crippen LogP contribution in [0.15, 0.2) is 47.4 Å². The Kier molecular flexibility index (Phi) is 5.12. The molecule has 2 aromatic carbocycles. The third-order valence-electron chi connectivity index (χ3n) is 5.51. The zero-order valence-electron chi connectivity index (χ0n) is 16.0. The average molecular weight is 400 g/mol. The summed E-state index contributed by atoms with van der Waals surface area (Å²) in [7, 11) is -3.61. The van der Waals surface area contributed by atoms with Crippen LogP contribution >= 0.6 is 0 Å². The van der Waals surface area contributed by atoms with Crippen LogP contribution in [-0.2, 0) is 27.8 Å². The Morgan fingerprint density at radius 1 is 1.04 bits per heavy atom. The third-order valence-corrected chi connectivity index (χ3v) is 6.91. The van der Waals surface area contributed by atoms with E-state index < -0.39 is 10.0 Å². The van der Waals surface area contributed by atoms with Gasteiger partial charge in [-0.1, -0.05) is 12.1 Å². The van der Waals surface area contributed by atoms with E-state index >= 15 is 0 Å². The molecule has 2 aliphatic rings. The number of nitrogens with zero attached hydrogens (tertiary/aromatic N) is 2. The number of anilines is 2. The van der Waals surface area contributed by atoms with Gasteiger partial charge in [0.05, 0.1) is 4.90 Å². The van der Waals surface area contributed by atoms with Crippen LogP contribution < -0.4 is 14.5 Å². The molecule has 7 heteroatoms. The number of sulfonamides is 1. The van der Waals surface area contributed by atoms with E-state index in [1.165, 1.54) is 25.5 Å². The number of carbonyl (C=O) groups is 1. The molecule has 0 radical (unpaired) electrons.